The average Bonchev–Trinajstić information content (AvgIpc) is 2.47. The molecule has 0 aliphatic heterocycles. The molecule has 0 saturated heterocycles. The lowest BCUT2D eigenvalue weighted by Crippen LogP contribution is -2.15. The first-order valence-corrected chi connectivity index (χ1v) is 5.88. The smallest absolute Gasteiger partial charge is 0.170 e. The van der Waals surface area contributed by atoms with Crippen molar-refractivity contribution in [1.82, 2.24) is 0 Å². The number of hydrogen-bond acceptors (Lipinski definition) is 4. The normalized spacial score (nSPS) is 13.3. The summed E-state index contributed by atoms with van der Waals surface area (Å²) < 4.78 is 0. The summed E-state index contributed by atoms with van der Waals surface area (Å²) in [4.78, 5) is 0. The summed E-state index contributed by atoms with van der Waals surface area (Å²) in [5.41, 5.74) is 2.21. The van der Waals surface area contributed by atoms with Crippen LogP contribution in [0.2, 0.25) is 0 Å². The lowest BCUT2D eigenvalue weighted by atomic mass is 10.0. The molecule has 4 heteroatoms. The second-order valence-electron chi connectivity index (χ2n) is 4.14. The van der Waals surface area contributed by atoms with Crippen molar-refractivity contribution in [2.75, 3.05) is 5.32 Å². The average molecular weight is 254 g/mol. The number of nitriles is 1. The molecule has 0 amide bonds. The number of para-hydroxylation sites is 1. The fourth-order valence-electron chi connectivity index (χ4n) is 1.74. The molecular formula is C15H14N2O2. The predicted octanol–water partition coefficient (Wildman–Crippen LogP) is 2.35. The maximum absolute atomic E-state index is 9.78. The Labute approximate surface area is 111 Å². The van der Waals surface area contributed by atoms with Crippen molar-refractivity contribution < 1.29 is 10.2 Å². The fourth-order valence-corrected chi connectivity index (χ4v) is 1.74. The molecule has 96 valence electrons. The first kappa shape index (κ1) is 13.1. The first-order chi connectivity index (χ1) is 9.20. The fraction of sp³-hybridized carbons (Fsp3) is 0.133. The summed E-state index contributed by atoms with van der Waals surface area (Å²) in [6.07, 6.45) is -2.63. The molecule has 0 aliphatic carbocycles. The highest BCUT2D eigenvalue weighted by atomic mass is 16.3. The zero-order chi connectivity index (χ0) is 13.7. The molecule has 19 heavy (non-hydrogen) atoms. The maximum Gasteiger partial charge on any atom is 0.170 e. The van der Waals surface area contributed by atoms with Gasteiger partial charge in [-0.1, -0.05) is 30.3 Å². The second kappa shape index (κ2) is 6.01. The van der Waals surface area contributed by atoms with Crippen LogP contribution in [0.25, 0.3) is 0 Å². The van der Waals surface area contributed by atoms with E-state index in [1.807, 2.05) is 36.4 Å². The molecular weight excluding hydrogens is 240 g/mol. The molecule has 0 heterocycles. The minimum absolute atomic E-state index is 0.495. The number of aliphatic hydroxyl groups is 2. The van der Waals surface area contributed by atoms with Crippen molar-refractivity contribution in [3.05, 3.63) is 60.2 Å². The number of benzene rings is 2. The molecule has 2 atom stereocenters. The minimum Gasteiger partial charge on any atom is -0.385 e. The summed E-state index contributed by atoms with van der Waals surface area (Å²) >= 11 is 0. The number of rotatable bonds is 4. The summed E-state index contributed by atoms with van der Waals surface area (Å²) in [5, 5.41) is 30.9. The van der Waals surface area contributed by atoms with Crippen LogP contribution >= 0.6 is 0 Å². The van der Waals surface area contributed by atoms with Gasteiger partial charge in [-0.25, -0.2) is 0 Å². The standard InChI is InChI=1S/C15H14N2O2/c16-10-14(18)15(19)11-5-4-8-13(9-11)17-12-6-2-1-3-7-12/h1-9,14-15,17-19H. The van der Waals surface area contributed by atoms with Crippen molar-refractivity contribution in [2.24, 2.45) is 0 Å². The van der Waals surface area contributed by atoms with Crippen LogP contribution in [0.15, 0.2) is 54.6 Å². The Hall–Kier alpha value is -2.35. The summed E-state index contributed by atoms with van der Waals surface area (Å²) in [7, 11) is 0. The molecule has 2 unspecified atom stereocenters. The van der Waals surface area contributed by atoms with Gasteiger partial charge in [-0.3, -0.25) is 0 Å². The van der Waals surface area contributed by atoms with Crippen molar-refractivity contribution in [2.45, 2.75) is 12.2 Å². The molecule has 0 saturated carbocycles. The highest BCUT2D eigenvalue weighted by molar-refractivity contribution is 5.60. The topological polar surface area (TPSA) is 76.3 Å². The van der Waals surface area contributed by atoms with Gasteiger partial charge >= 0.3 is 0 Å². The molecule has 2 rings (SSSR count). The van der Waals surface area contributed by atoms with Crippen LogP contribution in [0.5, 0.6) is 0 Å². The van der Waals surface area contributed by atoms with Gasteiger partial charge in [0.05, 0.1) is 6.07 Å². The van der Waals surface area contributed by atoms with Crippen LogP contribution in [0.1, 0.15) is 11.7 Å². The van der Waals surface area contributed by atoms with E-state index in [4.69, 9.17) is 5.26 Å². The number of anilines is 2. The molecule has 2 aromatic carbocycles. The Balaban J connectivity index is 2.18. The Kier molecular flexibility index (Phi) is 4.14. The van der Waals surface area contributed by atoms with E-state index >= 15 is 0 Å². The maximum atomic E-state index is 9.78. The van der Waals surface area contributed by atoms with Crippen LogP contribution in [0, 0.1) is 11.3 Å². The molecule has 0 aromatic heterocycles. The zero-order valence-electron chi connectivity index (χ0n) is 10.2. The number of nitrogens with one attached hydrogen (secondary N) is 1. The van der Waals surface area contributed by atoms with Gasteiger partial charge in [0.15, 0.2) is 6.10 Å². The highest BCUT2D eigenvalue weighted by Crippen LogP contribution is 2.22. The van der Waals surface area contributed by atoms with Gasteiger partial charge in [0.2, 0.25) is 0 Å². The van der Waals surface area contributed by atoms with Crippen molar-refractivity contribution in [3.8, 4) is 6.07 Å². The molecule has 4 nitrogen and oxygen atoms in total. The molecule has 3 N–H and O–H groups in total. The number of hydrogen-bond donors (Lipinski definition) is 3. The largest absolute Gasteiger partial charge is 0.385 e. The highest BCUT2D eigenvalue weighted by Gasteiger charge is 2.17. The quantitative estimate of drug-likeness (QED) is 0.732. The van der Waals surface area contributed by atoms with E-state index in [1.54, 1.807) is 24.3 Å². The third-order valence-corrected chi connectivity index (χ3v) is 2.72. The van der Waals surface area contributed by atoms with Gasteiger partial charge in [-0.2, -0.15) is 5.26 Å². The van der Waals surface area contributed by atoms with E-state index in [0.717, 1.165) is 11.4 Å². The Morgan fingerprint density at radius 2 is 1.63 bits per heavy atom. The summed E-state index contributed by atoms with van der Waals surface area (Å²) in [6, 6.07) is 18.2. The van der Waals surface area contributed by atoms with E-state index in [-0.39, 0.29) is 0 Å². The Morgan fingerprint density at radius 3 is 2.32 bits per heavy atom. The van der Waals surface area contributed by atoms with E-state index in [9.17, 15) is 10.2 Å². The predicted molar refractivity (Wildman–Crippen MR) is 72.7 cm³/mol. The van der Waals surface area contributed by atoms with Gasteiger partial charge < -0.3 is 15.5 Å². The monoisotopic (exact) mass is 254 g/mol. The van der Waals surface area contributed by atoms with Crippen LogP contribution in [0.3, 0.4) is 0 Å². The summed E-state index contributed by atoms with van der Waals surface area (Å²) in [6.45, 7) is 0. The lowest BCUT2D eigenvalue weighted by molar-refractivity contribution is 0.0528. The Morgan fingerprint density at radius 1 is 0.947 bits per heavy atom. The number of nitrogens with zero attached hydrogens (tertiary/aromatic N) is 1. The molecule has 0 spiro atoms. The van der Waals surface area contributed by atoms with Gasteiger partial charge in [0.1, 0.15) is 6.10 Å². The Bertz CT molecular complexity index is 578. The van der Waals surface area contributed by atoms with Gasteiger partial charge in [-0.05, 0) is 29.8 Å². The van der Waals surface area contributed by atoms with Crippen LogP contribution in [-0.4, -0.2) is 16.3 Å². The van der Waals surface area contributed by atoms with Crippen molar-refractivity contribution in [3.63, 3.8) is 0 Å². The third-order valence-electron chi connectivity index (χ3n) is 2.72. The second-order valence-corrected chi connectivity index (χ2v) is 4.14. The molecule has 0 bridgehead atoms. The van der Waals surface area contributed by atoms with Gasteiger partial charge in [-0.15, -0.1) is 0 Å². The van der Waals surface area contributed by atoms with Crippen LogP contribution < -0.4 is 5.32 Å². The zero-order valence-corrected chi connectivity index (χ0v) is 10.2. The third kappa shape index (κ3) is 3.32. The molecule has 2 aromatic rings. The molecule has 0 fully saturated rings. The van der Waals surface area contributed by atoms with Crippen LogP contribution in [0.4, 0.5) is 11.4 Å². The van der Waals surface area contributed by atoms with Gasteiger partial charge in [0, 0.05) is 11.4 Å². The van der Waals surface area contributed by atoms with E-state index in [0.29, 0.717) is 5.56 Å². The van der Waals surface area contributed by atoms with Crippen molar-refractivity contribution >= 4 is 11.4 Å². The SMILES string of the molecule is N#CC(O)C(O)c1cccc(Nc2ccccc2)c1. The van der Waals surface area contributed by atoms with E-state index < -0.39 is 12.2 Å². The molecule has 0 radical (unpaired) electrons. The van der Waals surface area contributed by atoms with Crippen LogP contribution in [-0.2, 0) is 0 Å². The molecule has 0 aliphatic rings. The van der Waals surface area contributed by atoms with E-state index in [1.165, 1.54) is 0 Å². The minimum atomic E-state index is -1.42. The lowest BCUT2D eigenvalue weighted by Gasteiger charge is -2.14. The number of aliphatic hydroxyl groups excluding tert-OH is 2. The van der Waals surface area contributed by atoms with E-state index in [2.05, 4.69) is 5.32 Å². The van der Waals surface area contributed by atoms with Gasteiger partial charge in [0.25, 0.3) is 0 Å². The summed E-state index contributed by atoms with van der Waals surface area (Å²) in [5.74, 6) is 0. The first-order valence-electron chi connectivity index (χ1n) is 5.88. The van der Waals surface area contributed by atoms with Crippen molar-refractivity contribution in [1.29, 1.82) is 5.26 Å².